The summed E-state index contributed by atoms with van der Waals surface area (Å²) in [6.45, 7) is -0.717. The Hall–Kier alpha value is -3.42. The number of nitrogens with zero attached hydrogens (tertiary/aromatic N) is 1. The van der Waals surface area contributed by atoms with E-state index in [1.165, 1.54) is 18.2 Å². The Bertz CT molecular complexity index is 1610. The number of aliphatic carboxylic acids is 1. The van der Waals surface area contributed by atoms with Gasteiger partial charge in [-0.3, -0.25) is 9.10 Å². The number of carbonyl (C=O) groups is 1. The lowest BCUT2D eigenvalue weighted by atomic mass is 9.80. The molecule has 2 aliphatic heterocycles. The molecule has 0 aromatic heterocycles. The number of benzene rings is 3. The van der Waals surface area contributed by atoms with E-state index >= 15 is 0 Å². The van der Waals surface area contributed by atoms with Crippen molar-refractivity contribution in [2.45, 2.75) is 23.6 Å². The van der Waals surface area contributed by atoms with E-state index in [4.69, 9.17) is 21.1 Å². The smallest absolute Gasteiger partial charge is 0.416 e. The second-order valence-corrected chi connectivity index (χ2v) is 11.8. The fourth-order valence-corrected chi connectivity index (χ4v) is 6.42. The number of hydrogen-bond donors (Lipinski definition) is 1. The van der Waals surface area contributed by atoms with Gasteiger partial charge in [0, 0.05) is 18.1 Å². The van der Waals surface area contributed by atoms with E-state index in [0.29, 0.717) is 12.1 Å². The number of anilines is 1. The average molecular weight is 604 g/mol. The summed E-state index contributed by atoms with van der Waals surface area (Å²) in [5, 5.41) is 9.27. The molecule has 0 aliphatic carbocycles. The summed E-state index contributed by atoms with van der Waals surface area (Å²) in [5.41, 5.74) is -2.66. The molecular formula is C26H19ClF5NO6S. The van der Waals surface area contributed by atoms with Gasteiger partial charge < -0.3 is 14.6 Å². The molecule has 7 nitrogen and oxygen atoms in total. The number of carboxylic acids is 1. The van der Waals surface area contributed by atoms with Crippen LogP contribution in [-0.2, 0) is 25.7 Å². The maximum absolute atomic E-state index is 14.1. The van der Waals surface area contributed by atoms with E-state index in [9.17, 15) is 40.3 Å². The van der Waals surface area contributed by atoms with Crippen LogP contribution in [0.2, 0.25) is 5.02 Å². The Balaban J connectivity index is 1.63. The number of sulfonamides is 1. The Morgan fingerprint density at radius 3 is 2.45 bits per heavy atom. The van der Waals surface area contributed by atoms with Crippen LogP contribution < -0.4 is 9.04 Å². The van der Waals surface area contributed by atoms with Gasteiger partial charge in [0.25, 0.3) is 10.0 Å². The van der Waals surface area contributed by atoms with Crippen molar-refractivity contribution >= 4 is 33.3 Å². The monoisotopic (exact) mass is 603 g/mol. The van der Waals surface area contributed by atoms with E-state index in [-0.39, 0.29) is 42.2 Å². The van der Waals surface area contributed by atoms with Crippen LogP contribution in [0.5, 0.6) is 5.75 Å². The quantitative estimate of drug-likeness (QED) is 0.285. The van der Waals surface area contributed by atoms with Crippen LogP contribution in [0.15, 0.2) is 59.5 Å². The lowest BCUT2D eigenvalue weighted by molar-refractivity contribution is -0.184. The molecule has 1 N–H and O–H groups in total. The molecule has 2 heterocycles. The molecule has 2 aliphatic rings. The van der Waals surface area contributed by atoms with Crippen molar-refractivity contribution in [3.8, 4) is 16.9 Å². The number of rotatable bonds is 6. The number of hydrogen-bond acceptors (Lipinski definition) is 5. The maximum atomic E-state index is 14.1. The van der Waals surface area contributed by atoms with Crippen LogP contribution in [-0.4, -0.2) is 45.4 Å². The topological polar surface area (TPSA) is 93.1 Å². The number of fused-ring (bicyclic) bond motifs is 1. The molecule has 0 amide bonds. The highest BCUT2D eigenvalue weighted by molar-refractivity contribution is 7.92. The first-order chi connectivity index (χ1) is 18.7. The van der Waals surface area contributed by atoms with Crippen molar-refractivity contribution in [2.24, 2.45) is 5.41 Å². The summed E-state index contributed by atoms with van der Waals surface area (Å²) >= 11 is 6.03. The fraction of sp³-hybridized carbons (Fsp3) is 0.269. The van der Waals surface area contributed by atoms with Crippen molar-refractivity contribution in [2.75, 3.05) is 24.1 Å². The molecule has 0 bridgehead atoms. The van der Waals surface area contributed by atoms with Crippen LogP contribution in [0.3, 0.4) is 0 Å². The first kappa shape index (κ1) is 28.1. The van der Waals surface area contributed by atoms with E-state index in [1.54, 1.807) is 0 Å². The lowest BCUT2D eigenvalue weighted by Gasteiger charge is -2.42. The Morgan fingerprint density at radius 1 is 1.10 bits per heavy atom. The number of halogens is 6. The Labute approximate surface area is 229 Å². The van der Waals surface area contributed by atoms with Gasteiger partial charge in [-0.05, 0) is 42.0 Å². The minimum Gasteiger partial charge on any atom is -0.486 e. The second kappa shape index (κ2) is 9.89. The van der Waals surface area contributed by atoms with Crippen molar-refractivity contribution in [3.05, 3.63) is 76.8 Å². The van der Waals surface area contributed by atoms with Gasteiger partial charge in [0.2, 0.25) is 0 Å². The summed E-state index contributed by atoms with van der Waals surface area (Å²) in [7, 11) is -4.69. The molecule has 14 heteroatoms. The van der Waals surface area contributed by atoms with E-state index in [0.717, 1.165) is 28.6 Å². The maximum Gasteiger partial charge on any atom is 0.416 e. The Morgan fingerprint density at radius 2 is 1.82 bits per heavy atom. The highest BCUT2D eigenvalue weighted by Gasteiger charge is 2.50. The van der Waals surface area contributed by atoms with Crippen LogP contribution in [0.25, 0.3) is 11.1 Å². The van der Waals surface area contributed by atoms with Gasteiger partial charge in [-0.2, -0.15) is 13.2 Å². The minimum atomic E-state index is -4.82. The molecule has 40 heavy (non-hydrogen) atoms. The van der Waals surface area contributed by atoms with Gasteiger partial charge >= 0.3 is 12.1 Å². The fourth-order valence-electron chi connectivity index (χ4n) is 4.65. The third-order valence-corrected chi connectivity index (χ3v) is 8.93. The van der Waals surface area contributed by atoms with Crippen molar-refractivity contribution < 1.29 is 49.7 Å². The highest BCUT2D eigenvalue weighted by atomic mass is 35.5. The van der Waals surface area contributed by atoms with Gasteiger partial charge in [0.05, 0.1) is 40.9 Å². The molecule has 1 saturated heterocycles. The van der Waals surface area contributed by atoms with Gasteiger partial charge in [0.1, 0.15) is 28.9 Å². The number of carboxylic acid groups (broad SMARTS) is 1. The summed E-state index contributed by atoms with van der Waals surface area (Å²) in [5.74, 6) is -3.20. The first-order valence-electron chi connectivity index (χ1n) is 11.7. The van der Waals surface area contributed by atoms with E-state index in [1.807, 2.05) is 0 Å². The van der Waals surface area contributed by atoms with Crippen LogP contribution in [0.4, 0.5) is 27.6 Å². The molecule has 0 radical (unpaired) electrons. The van der Waals surface area contributed by atoms with Gasteiger partial charge in [0.15, 0.2) is 0 Å². The van der Waals surface area contributed by atoms with E-state index < -0.39 is 67.3 Å². The summed E-state index contributed by atoms with van der Waals surface area (Å²) < 4.78 is 108. The van der Waals surface area contributed by atoms with Gasteiger partial charge in [-0.15, -0.1) is 0 Å². The van der Waals surface area contributed by atoms with Crippen LogP contribution in [0, 0.1) is 17.0 Å². The largest absolute Gasteiger partial charge is 0.486 e. The molecule has 5 rings (SSSR count). The average Bonchev–Trinajstić information content (AvgIpc) is 2.87. The molecule has 212 valence electrons. The zero-order valence-electron chi connectivity index (χ0n) is 20.2. The van der Waals surface area contributed by atoms with Crippen molar-refractivity contribution in [3.63, 3.8) is 0 Å². The number of ether oxygens (including phenoxy) is 2. The molecule has 1 atom stereocenters. The first-order valence-corrected chi connectivity index (χ1v) is 13.5. The predicted octanol–water partition coefficient (Wildman–Crippen LogP) is 5.75. The molecule has 3 aromatic carbocycles. The molecule has 1 fully saturated rings. The van der Waals surface area contributed by atoms with Crippen LogP contribution in [0.1, 0.15) is 12.0 Å². The molecule has 0 saturated carbocycles. The van der Waals surface area contributed by atoms with Gasteiger partial charge in [-0.1, -0.05) is 23.7 Å². The lowest BCUT2D eigenvalue weighted by Crippen LogP contribution is -2.54. The normalized spacial score (nSPS) is 18.4. The SMILES string of the molecule is O=C(O)C1(CC2CN(S(=O)(=O)c3cccc(C(F)(F)F)c3)c3cc(-c4cc(F)cc(F)c4Cl)ccc3O2)COC1. The standard InChI is InChI=1S/C26H19ClF5NO6S/c27-23-19(8-16(28)9-20(23)29)14-4-5-22-21(6-14)33(11-17(39-22)10-25(24(34)35)12-38-13-25)40(36,37)18-3-1-2-15(7-18)26(30,31)32/h1-9,17H,10-13H2,(H,34,35). The minimum absolute atomic E-state index is 0.0377. The van der Waals surface area contributed by atoms with Gasteiger partial charge in [-0.25, -0.2) is 17.2 Å². The molecule has 1 unspecified atom stereocenters. The summed E-state index contributed by atoms with van der Waals surface area (Å²) in [6, 6.07) is 8.59. The molecule has 3 aromatic rings. The zero-order chi connectivity index (χ0) is 29.0. The van der Waals surface area contributed by atoms with Crippen molar-refractivity contribution in [1.29, 1.82) is 0 Å². The zero-order valence-corrected chi connectivity index (χ0v) is 21.8. The third-order valence-electron chi connectivity index (χ3n) is 6.77. The van der Waals surface area contributed by atoms with E-state index in [2.05, 4.69) is 0 Å². The Kier molecular flexibility index (Phi) is 6.95. The molecular weight excluding hydrogens is 585 g/mol. The summed E-state index contributed by atoms with van der Waals surface area (Å²) in [4.78, 5) is 11.2. The summed E-state index contributed by atoms with van der Waals surface area (Å²) in [6.07, 6.45) is -5.99. The number of alkyl halides is 3. The third kappa shape index (κ3) is 4.97. The van der Waals surface area contributed by atoms with Crippen molar-refractivity contribution in [1.82, 2.24) is 0 Å². The second-order valence-electron chi connectivity index (χ2n) is 9.52. The van der Waals surface area contributed by atoms with Crippen LogP contribution >= 0.6 is 11.6 Å². The highest BCUT2D eigenvalue weighted by Crippen LogP contribution is 2.44. The predicted molar refractivity (Wildman–Crippen MR) is 133 cm³/mol. The molecule has 0 spiro atoms.